The summed E-state index contributed by atoms with van der Waals surface area (Å²) >= 11 is 0. The highest BCUT2D eigenvalue weighted by Gasteiger charge is 2.07. The first-order valence-electron chi connectivity index (χ1n) is 8.33. The van der Waals surface area contributed by atoms with Crippen molar-refractivity contribution in [2.75, 3.05) is 12.0 Å². The summed E-state index contributed by atoms with van der Waals surface area (Å²) < 4.78 is 11.4. The number of nitrogens with zero attached hydrogens (tertiary/aromatic N) is 2. The Bertz CT molecular complexity index is 838. The highest BCUT2D eigenvalue weighted by atomic mass is 16.5. The summed E-state index contributed by atoms with van der Waals surface area (Å²) in [5.74, 6) is 2.05. The van der Waals surface area contributed by atoms with E-state index in [4.69, 9.17) is 9.47 Å². The molecule has 130 valence electrons. The third kappa shape index (κ3) is 4.29. The van der Waals surface area contributed by atoms with Gasteiger partial charge in [-0.2, -0.15) is 5.10 Å². The summed E-state index contributed by atoms with van der Waals surface area (Å²) in [6.45, 7) is 6.50. The Morgan fingerprint density at radius 3 is 2.80 bits per heavy atom. The van der Waals surface area contributed by atoms with Gasteiger partial charge in [-0.1, -0.05) is 12.1 Å². The Labute approximate surface area is 146 Å². The van der Waals surface area contributed by atoms with Crippen molar-refractivity contribution < 1.29 is 9.47 Å². The third-order valence-electron chi connectivity index (χ3n) is 3.40. The summed E-state index contributed by atoms with van der Waals surface area (Å²) in [7, 11) is 0. The Morgan fingerprint density at radius 1 is 1.20 bits per heavy atom. The van der Waals surface area contributed by atoms with E-state index in [9.17, 15) is 0 Å². The van der Waals surface area contributed by atoms with Crippen LogP contribution in [0.3, 0.4) is 0 Å². The smallest absolute Gasteiger partial charge is 0.222 e. The first-order valence-corrected chi connectivity index (χ1v) is 8.33. The minimum Gasteiger partial charge on any atom is -0.490 e. The predicted octanol–water partition coefficient (Wildman–Crippen LogP) is 4.19. The second-order valence-electron chi connectivity index (χ2n) is 5.78. The van der Waals surface area contributed by atoms with Crippen LogP contribution < -0.4 is 14.9 Å². The standard InChI is InChI=1S/C19H22N4O2/c1-4-24-18-11-14(9-10-17(18)25-13(2)3)12-20-23-19-21-15-7-5-6-8-16(15)22-19/h5-13H,4H2,1-3H3,(H2,21,22,23)/b20-12-. The van der Waals surface area contributed by atoms with Crippen LogP contribution in [0.15, 0.2) is 47.6 Å². The Morgan fingerprint density at radius 2 is 2.04 bits per heavy atom. The van der Waals surface area contributed by atoms with Crippen molar-refractivity contribution in [3.8, 4) is 11.5 Å². The summed E-state index contributed by atoms with van der Waals surface area (Å²) in [4.78, 5) is 7.58. The zero-order chi connectivity index (χ0) is 17.6. The molecule has 0 fully saturated rings. The monoisotopic (exact) mass is 338 g/mol. The number of aromatic amines is 1. The molecular weight excluding hydrogens is 316 g/mol. The maximum Gasteiger partial charge on any atom is 0.222 e. The van der Waals surface area contributed by atoms with Gasteiger partial charge in [0.2, 0.25) is 5.95 Å². The number of anilines is 1. The molecule has 2 N–H and O–H groups in total. The number of ether oxygens (including phenoxy) is 2. The van der Waals surface area contributed by atoms with Crippen molar-refractivity contribution in [1.82, 2.24) is 9.97 Å². The van der Waals surface area contributed by atoms with Crippen molar-refractivity contribution in [2.24, 2.45) is 5.10 Å². The number of nitrogens with one attached hydrogen (secondary N) is 2. The van der Waals surface area contributed by atoms with Gasteiger partial charge in [-0.25, -0.2) is 10.4 Å². The van der Waals surface area contributed by atoms with E-state index >= 15 is 0 Å². The lowest BCUT2D eigenvalue weighted by Crippen LogP contribution is -2.07. The van der Waals surface area contributed by atoms with Crippen LogP contribution in [0.5, 0.6) is 11.5 Å². The molecule has 0 aliphatic rings. The third-order valence-corrected chi connectivity index (χ3v) is 3.40. The second-order valence-corrected chi connectivity index (χ2v) is 5.78. The van der Waals surface area contributed by atoms with E-state index in [-0.39, 0.29) is 6.10 Å². The van der Waals surface area contributed by atoms with Crippen molar-refractivity contribution in [3.05, 3.63) is 48.0 Å². The van der Waals surface area contributed by atoms with E-state index in [1.807, 2.05) is 63.2 Å². The van der Waals surface area contributed by atoms with E-state index in [1.54, 1.807) is 6.21 Å². The summed E-state index contributed by atoms with van der Waals surface area (Å²) in [5, 5.41) is 4.23. The number of rotatable bonds is 7. The number of fused-ring (bicyclic) bond motifs is 1. The maximum atomic E-state index is 5.76. The van der Waals surface area contributed by atoms with Gasteiger partial charge in [-0.15, -0.1) is 0 Å². The van der Waals surface area contributed by atoms with Gasteiger partial charge in [0.1, 0.15) is 0 Å². The molecule has 0 amide bonds. The molecule has 0 aliphatic carbocycles. The zero-order valence-electron chi connectivity index (χ0n) is 14.6. The molecule has 0 spiro atoms. The number of hydrogen-bond acceptors (Lipinski definition) is 5. The van der Waals surface area contributed by atoms with Crippen LogP contribution in [0.4, 0.5) is 5.95 Å². The van der Waals surface area contributed by atoms with Gasteiger partial charge < -0.3 is 14.5 Å². The minimum atomic E-state index is 0.0912. The molecule has 1 aromatic heterocycles. The quantitative estimate of drug-likeness (QED) is 0.500. The largest absolute Gasteiger partial charge is 0.490 e. The topological polar surface area (TPSA) is 71.5 Å². The van der Waals surface area contributed by atoms with E-state index in [2.05, 4.69) is 20.5 Å². The van der Waals surface area contributed by atoms with Gasteiger partial charge in [0.25, 0.3) is 0 Å². The molecule has 0 radical (unpaired) electrons. The predicted molar refractivity (Wildman–Crippen MR) is 101 cm³/mol. The van der Waals surface area contributed by atoms with Gasteiger partial charge in [-0.05, 0) is 56.7 Å². The number of aromatic nitrogens is 2. The van der Waals surface area contributed by atoms with Crippen LogP contribution in [0.25, 0.3) is 11.0 Å². The lowest BCUT2D eigenvalue weighted by atomic mass is 10.2. The van der Waals surface area contributed by atoms with Crippen LogP contribution >= 0.6 is 0 Å². The lowest BCUT2D eigenvalue weighted by Gasteiger charge is -2.14. The Balaban J connectivity index is 1.72. The molecule has 0 saturated carbocycles. The first kappa shape index (κ1) is 16.8. The van der Waals surface area contributed by atoms with Crippen molar-refractivity contribution in [1.29, 1.82) is 0 Å². The van der Waals surface area contributed by atoms with Crippen LogP contribution in [0.2, 0.25) is 0 Å². The van der Waals surface area contributed by atoms with Crippen LogP contribution in [-0.2, 0) is 0 Å². The molecule has 3 rings (SSSR count). The molecule has 0 saturated heterocycles. The molecule has 3 aromatic rings. The van der Waals surface area contributed by atoms with Gasteiger partial charge in [0.15, 0.2) is 11.5 Å². The molecule has 6 heteroatoms. The summed E-state index contributed by atoms with van der Waals surface area (Å²) in [6.07, 6.45) is 1.81. The fourth-order valence-corrected chi connectivity index (χ4v) is 2.40. The van der Waals surface area contributed by atoms with Gasteiger partial charge in [-0.3, -0.25) is 0 Å². The molecule has 0 unspecified atom stereocenters. The van der Waals surface area contributed by atoms with Gasteiger partial charge >= 0.3 is 0 Å². The van der Waals surface area contributed by atoms with E-state index in [0.29, 0.717) is 18.3 Å². The fraction of sp³-hybridized carbons (Fsp3) is 0.263. The maximum absolute atomic E-state index is 5.76. The highest BCUT2D eigenvalue weighted by Crippen LogP contribution is 2.29. The van der Waals surface area contributed by atoms with Gasteiger partial charge in [0, 0.05) is 0 Å². The van der Waals surface area contributed by atoms with Crippen molar-refractivity contribution in [2.45, 2.75) is 26.9 Å². The van der Waals surface area contributed by atoms with Crippen molar-refractivity contribution in [3.63, 3.8) is 0 Å². The van der Waals surface area contributed by atoms with Crippen LogP contribution in [-0.4, -0.2) is 28.9 Å². The molecular formula is C19H22N4O2. The fourth-order valence-electron chi connectivity index (χ4n) is 2.40. The average molecular weight is 338 g/mol. The Hall–Kier alpha value is -3.02. The number of H-pyrrole nitrogens is 1. The number of benzene rings is 2. The first-order chi connectivity index (χ1) is 12.2. The normalized spacial score (nSPS) is 11.4. The summed E-state index contributed by atoms with van der Waals surface area (Å²) in [5.41, 5.74) is 5.68. The zero-order valence-corrected chi connectivity index (χ0v) is 14.6. The number of imidazole rings is 1. The molecule has 6 nitrogen and oxygen atoms in total. The van der Waals surface area contributed by atoms with E-state index < -0.39 is 0 Å². The lowest BCUT2D eigenvalue weighted by molar-refractivity contribution is 0.224. The highest BCUT2D eigenvalue weighted by molar-refractivity contribution is 5.82. The number of para-hydroxylation sites is 2. The second kappa shape index (κ2) is 7.70. The SMILES string of the molecule is CCOc1cc(/C=N\Nc2nc3ccccc3[nH]2)ccc1OC(C)C. The molecule has 0 aliphatic heterocycles. The molecule has 1 heterocycles. The van der Waals surface area contributed by atoms with Crippen LogP contribution in [0, 0.1) is 0 Å². The number of hydrazone groups is 1. The van der Waals surface area contributed by atoms with E-state index in [0.717, 1.165) is 22.3 Å². The molecule has 2 aromatic carbocycles. The minimum absolute atomic E-state index is 0.0912. The Kier molecular flexibility index (Phi) is 5.18. The van der Waals surface area contributed by atoms with Crippen LogP contribution in [0.1, 0.15) is 26.3 Å². The molecule has 0 atom stereocenters. The van der Waals surface area contributed by atoms with Gasteiger partial charge in [0.05, 0.1) is 30.0 Å². The average Bonchev–Trinajstić information content (AvgIpc) is 2.99. The molecule has 25 heavy (non-hydrogen) atoms. The van der Waals surface area contributed by atoms with Crippen molar-refractivity contribution >= 4 is 23.2 Å². The molecule has 0 bridgehead atoms. The van der Waals surface area contributed by atoms with E-state index in [1.165, 1.54) is 0 Å². The summed E-state index contributed by atoms with van der Waals surface area (Å²) in [6, 6.07) is 13.6. The number of hydrogen-bond donors (Lipinski definition) is 2.